The summed E-state index contributed by atoms with van der Waals surface area (Å²) in [5.41, 5.74) is 0.441. The first kappa shape index (κ1) is 14.5. The van der Waals surface area contributed by atoms with Crippen LogP contribution in [0.4, 0.5) is 4.39 Å². The molecule has 4 heteroatoms. The van der Waals surface area contributed by atoms with Gasteiger partial charge >= 0.3 is 0 Å². The molecule has 1 saturated heterocycles. The highest BCUT2D eigenvalue weighted by Crippen LogP contribution is 2.19. The van der Waals surface area contributed by atoms with E-state index in [9.17, 15) is 9.18 Å². The normalized spacial score (nSPS) is 19.4. The van der Waals surface area contributed by atoms with Gasteiger partial charge in [0, 0.05) is 17.9 Å². The van der Waals surface area contributed by atoms with Crippen molar-refractivity contribution in [2.75, 3.05) is 13.1 Å². The van der Waals surface area contributed by atoms with Crippen LogP contribution in [-0.4, -0.2) is 18.9 Å². The van der Waals surface area contributed by atoms with E-state index in [1.807, 2.05) is 0 Å². The number of piperidine rings is 1. The van der Waals surface area contributed by atoms with Gasteiger partial charge in [-0.05, 0) is 56.0 Å². The van der Waals surface area contributed by atoms with Gasteiger partial charge in [-0.3, -0.25) is 4.79 Å². The van der Waals surface area contributed by atoms with Crippen molar-refractivity contribution in [3.05, 3.63) is 34.6 Å². The van der Waals surface area contributed by atoms with Gasteiger partial charge in [0.1, 0.15) is 11.6 Å². The average molecular weight is 284 g/mol. The Labute approximate surface area is 118 Å². The second-order valence-corrected chi connectivity index (χ2v) is 5.64. The van der Waals surface area contributed by atoms with E-state index < -0.39 is 0 Å². The smallest absolute Gasteiger partial charge is 0.137 e. The third kappa shape index (κ3) is 4.59. The Morgan fingerprint density at radius 1 is 1.47 bits per heavy atom. The molecule has 0 aromatic heterocycles. The molecule has 1 N–H and O–H groups in total. The van der Waals surface area contributed by atoms with Crippen molar-refractivity contribution in [1.29, 1.82) is 0 Å². The number of carbonyl (C=O) groups excluding carboxylic acids is 1. The van der Waals surface area contributed by atoms with Crippen molar-refractivity contribution in [3.8, 4) is 0 Å². The van der Waals surface area contributed by atoms with Crippen LogP contribution in [0.3, 0.4) is 0 Å². The summed E-state index contributed by atoms with van der Waals surface area (Å²) in [5.74, 6) is 0.305. The molecule has 0 radical (unpaired) electrons. The second kappa shape index (κ2) is 7.01. The van der Waals surface area contributed by atoms with Crippen LogP contribution >= 0.6 is 11.6 Å². The van der Waals surface area contributed by atoms with Gasteiger partial charge in [-0.15, -0.1) is 0 Å². The number of carbonyl (C=O) groups is 1. The molecule has 0 spiro atoms. The number of benzene rings is 1. The lowest BCUT2D eigenvalue weighted by atomic mass is 9.92. The fourth-order valence-electron chi connectivity index (χ4n) is 2.50. The Morgan fingerprint density at radius 2 is 2.32 bits per heavy atom. The van der Waals surface area contributed by atoms with Crippen molar-refractivity contribution in [1.82, 2.24) is 5.32 Å². The molecule has 1 aliphatic heterocycles. The molecule has 19 heavy (non-hydrogen) atoms. The third-order valence-corrected chi connectivity index (χ3v) is 3.87. The maximum atomic E-state index is 13.6. The highest BCUT2D eigenvalue weighted by atomic mass is 35.5. The SMILES string of the molecule is O=C(CCC1CCCNC1)Cc1ccc(Cl)cc1F. The van der Waals surface area contributed by atoms with E-state index in [1.165, 1.54) is 18.9 Å². The zero-order chi connectivity index (χ0) is 13.7. The first-order valence-corrected chi connectivity index (χ1v) is 7.19. The molecule has 0 aliphatic carbocycles. The molecular formula is C15H19ClFNO. The number of hydrogen-bond donors (Lipinski definition) is 1. The van der Waals surface area contributed by atoms with E-state index in [-0.39, 0.29) is 18.0 Å². The third-order valence-electron chi connectivity index (χ3n) is 3.63. The topological polar surface area (TPSA) is 29.1 Å². The number of Topliss-reactive ketones (excluding diaryl/α,β-unsaturated/α-hetero) is 1. The number of hydrogen-bond acceptors (Lipinski definition) is 2. The van der Waals surface area contributed by atoms with Gasteiger partial charge in [-0.25, -0.2) is 4.39 Å². The minimum atomic E-state index is -0.389. The minimum Gasteiger partial charge on any atom is -0.316 e. The van der Waals surface area contributed by atoms with E-state index in [2.05, 4.69) is 5.32 Å². The van der Waals surface area contributed by atoms with E-state index in [1.54, 1.807) is 12.1 Å². The van der Waals surface area contributed by atoms with Crippen molar-refractivity contribution in [2.24, 2.45) is 5.92 Å². The Hall–Kier alpha value is -0.930. The van der Waals surface area contributed by atoms with E-state index in [0.717, 1.165) is 19.5 Å². The van der Waals surface area contributed by atoms with Crippen LogP contribution in [0.15, 0.2) is 18.2 Å². The van der Waals surface area contributed by atoms with Gasteiger partial charge < -0.3 is 5.32 Å². The van der Waals surface area contributed by atoms with Crippen molar-refractivity contribution < 1.29 is 9.18 Å². The van der Waals surface area contributed by atoms with Gasteiger partial charge in [-0.2, -0.15) is 0 Å². The standard InChI is InChI=1S/C15H19ClFNO/c16-13-5-4-12(15(17)9-13)8-14(19)6-3-11-2-1-7-18-10-11/h4-5,9,11,18H,1-3,6-8,10H2. The highest BCUT2D eigenvalue weighted by Gasteiger charge is 2.15. The van der Waals surface area contributed by atoms with Gasteiger partial charge in [0.2, 0.25) is 0 Å². The molecule has 0 bridgehead atoms. The lowest BCUT2D eigenvalue weighted by Crippen LogP contribution is -2.30. The lowest BCUT2D eigenvalue weighted by molar-refractivity contribution is -0.118. The van der Waals surface area contributed by atoms with E-state index in [4.69, 9.17) is 11.6 Å². The fourth-order valence-corrected chi connectivity index (χ4v) is 2.66. The molecule has 1 aliphatic rings. The van der Waals surface area contributed by atoms with Crippen LogP contribution in [0.2, 0.25) is 5.02 Å². The highest BCUT2D eigenvalue weighted by molar-refractivity contribution is 6.30. The van der Waals surface area contributed by atoms with Gasteiger partial charge in [-0.1, -0.05) is 17.7 Å². The second-order valence-electron chi connectivity index (χ2n) is 5.20. The molecule has 2 rings (SSSR count). The molecule has 1 atom stereocenters. The van der Waals surface area contributed by atoms with E-state index in [0.29, 0.717) is 22.9 Å². The number of ketones is 1. The minimum absolute atomic E-state index is 0.104. The molecule has 1 unspecified atom stereocenters. The molecule has 1 fully saturated rings. The Morgan fingerprint density at radius 3 is 3.00 bits per heavy atom. The van der Waals surface area contributed by atoms with Crippen LogP contribution in [0.1, 0.15) is 31.2 Å². The number of rotatable bonds is 5. The monoisotopic (exact) mass is 283 g/mol. The van der Waals surface area contributed by atoms with Gasteiger partial charge in [0.25, 0.3) is 0 Å². The predicted molar refractivity (Wildman–Crippen MR) is 74.9 cm³/mol. The summed E-state index contributed by atoms with van der Waals surface area (Å²) >= 11 is 5.68. The summed E-state index contributed by atoms with van der Waals surface area (Å²) in [5, 5.41) is 3.70. The largest absolute Gasteiger partial charge is 0.316 e. The van der Waals surface area contributed by atoms with Crippen LogP contribution in [0.5, 0.6) is 0 Å². The molecule has 0 amide bonds. The molecular weight excluding hydrogens is 265 g/mol. The Kier molecular flexibility index (Phi) is 5.34. The van der Waals surface area contributed by atoms with Crippen molar-refractivity contribution >= 4 is 17.4 Å². The summed E-state index contributed by atoms with van der Waals surface area (Å²) < 4.78 is 13.6. The summed E-state index contributed by atoms with van der Waals surface area (Å²) in [6.45, 7) is 2.09. The van der Waals surface area contributed by atoms with Crippen LogP contribution in [-0.2, 0) is 11.2 Å². The van der Waals surface area contributed by atoms with Gasteiger partial charge in [0.05, 0.1) is 0 Å². The molecule has 0 saturated carbocycles. The first-order valence-electron chi connectivity index (χ1n) is 6.81. The molecule has 1 heterocycles. The maximum Gasteiger partial charge on any atom is 0.137 e. The summed E-state index contributed by atoms with van der Waals surface area (Å²) in [4.78, 5) is 11.9. The van der Waals surface area contributed by atoms with Gasteiger partial charge in [0.15, 0.2) is 0 Å². The summed E-state index contributed by atoms with van der Waals surface area (Å²) in [6, 6.07) is 4.48. The quantitative estimate of drug-likeness (QED) is 0.898. The zero-order valence-corrected chi connectivity index (χ0v) is 11.7. The van der Waals surface area contributed by atoms with Crippen molar-refractivity contribution in [3.63, 3.8) is 0 Å². The Bertz CT molecular complexity index is 444. The Balaban J connectivity index is 1.80. The van der Waals surface area contributed by atoms with E-state index >= 15 is 0 Å². The number of halogens is 2. The van der Waals surface area contributed by atoms with Crippen molar-refractivity contribution in [2.45, 2.75) is 32.1 Å². The summed E-state index contributed by atoms with van der Waals surface area (Å²) in [6.07, 6.45) is 3.98. The maximum absolute atomic E-state index is 13.6. The molecule has 1 aromatic rings. The fraction of sp³-hybridized carbons (Fsp3) is 0.533. The van der Waals surface area contributed by atoms with Crippen LogP contribution in [0.25, 0.3) is 0 Å². The first-order chi connectivity index (χ1) is 9.15. The molecule has 104 valence electrons. The predicted octanol–water partition coefficient (Wildman–Crippen LogP) is 3.37. The summed E-state index contributed by atoms with van der Waals surface area (Å²) in [7, 11) is 0. The molecule has 2 nitrogen and oxygen atoms in total. The number of nitrogens with one attached hydrogen (secondary N) is 1. The van der Waals surface area contributed by atoms with Crippen LogP contribution in [0, 0.1) is 11.7 Å². The average Bonchev–Trinajstić information content (AvgIpc) is 2.41. The van der Waals surface area contributed by atoms with Crippen LogP contribution < -0.4 is 5.32 Å². The lowest BCUT2D eigenvalue weighted by Gasteiger charge is -2.22. The molecule has 1 aromatic carbocycles. The zero-order valence-electron chi connectivity index (χ0n) is 10.9.